The summed E-state index contributed by atoms with van der Waals surface area (Å²) in [5, 5.41) is 4.29. The summed E-state index contributed by atoms with van der Waals surface area (Å²) in [6, 6.07) is 17.9. The highest BCUT2D eigenvalue weighted by atomic mass is 35.5. The van der Waals surface area contributed by atoms with Crippen molar-refractivity contribution in [3.63, 3.8) is 0 Å². The molecule has 4 rings (SSSR count). The Labute approximate surface area is 188 Å². The molecule has 2 aromatic carbocycles. The standard InChI is InChI=1S/C23H28N4OS.ClH/c28-23(19-9-3-1-4-10-19)24-13-7-2-8-14-26-15-17-27(18-16-26)22-20-11-5-6-12-21(20)29-25-22;/h1,3-6,9-12H,2,7-8,13-18H2,(H,24,28);1H. The number of hydrogen-bond acceptors (Lipinski definition) is 5. The number of carbonyl (C=O) groups excluding carboxylic acids is 1. The Hall–Kier alpha value is -2.15. The first-order valence-electron chi connectivity index (χ1n) is 10.5. The zero-order chi connectivity index (χ0) is 19.9. The van der Waals surface area contributed by atoms with E-state index in [0.29, 0.717) is 0 Å². The molecular formula is C23H29ClN4OS. The van der Waals surface area contributed by atoms with Gasteiger partial charge in [0, 0.05) is 43.7 Å². The molecule has 3 aromatic rings. The average molecular weight is 445 g/mol. The van der Waals surface area contributed by atoms with Gasteiger partial charge in [0.1, 0.15) is 5.82 Å². The summed E-state index contributed by atoms with van der Waals surface area (Å²) in [4.78, 5) is 17.0. The van der Waals surface area contributed by atoms with Crippen LogP contribution in [0.25, 0.3) is 10.1 Å². The summed E-state index contributed by atoms with van der Waals surface area (Å²) in [7, 11) is 0. The SMILES string of the molecule is Cl.O=C(NCCCCCN1CCN(c2nsc3ccccc23)CC1)c1ccccc1. The van der Waals surface area contributed by atoms with Crippen LogP contribution in [-0.2, 0) is 0 Å². The highest BCUT2D eigenvalue weighted by molar-refractivity contribution is 7.13. The third-order valence-electron chi connectivity index (χ3n) is 5.50. The van der Waals surface area contributed by atoms with E-state index in [9.17, 15) is 4.79 Å². The second-order valence-corrected chi connectivity index (χ2v) is 8.32. The first-order chi connectivity index (χ1) is 14.3. The highest BCUT2D eigenvalue weighted by Crippen LogP contribution is 2.29. The lowest BCUT2D eigenvalue weighted by Gasteiger charge is -2.35. The summed E-state index contributed by atoms with van der Waals surface area (Å²) in [6.07, 6.45) is 3.36. The van der Waals surface area contributed by atoms with Crippen LogP contribution in [0.4, 0.5) is 5.82 Å². The molecule has 30 heavy (non-hydrogen) atoms. The van der Waals surface area contributed by atoms with Crippen LogP contribution in [0.3, 0.4) is 0 Å². The number of amides is 1. The molecule has 1 fully saturated rings. The average Bonchev–Trinajstić information content (AvgIpc) is 3.21. The number of fused-ring (bicyclic) bond motifs is 1. The number of hydrogen-bond donors (Lipinski definition) is 1. The summed E-state index contributed by atoms with van der Waals surface area (Å²) in [5.41, 5.74) is 0.735. The van der Waals surface area contributed by atoms with E-state index in [1.807, 2.05) is 30.3 Å². The number of benzene rings is 2. The van der Waals surface area contributed by atoms with Crippen LogP contribution in [0.2, 0.25) is 0 Å². The monoisotopic (exact) mass is 444 g/mol. The lowest BCUT2D eigenvalue weighted by Crippen LogP contribution is -2.46. The first-order valence-corrected chi connectivity index (χ1v) is 11.2. The Morgan fingerprint density at radius 3 is 2.47 bits per heavy atom. The Morgan fingerprint density at radius 1 is 0.933 bits per heavy atom. The molecule has 1 aromatic heterocycles. The van der Waals surface area contributed by atoms with E-state index in [0.717, 1.165) is 63.5 Å². The maximum absolute atomic E-state index is 12.0. The van der Waals surface area contributed by atoms with E-state index in [-0.39, 0.29) is 18.3 Å². The van der Waals surface area contributed by atoms with Gasteiger partial charge in [-0.25, -0.2) is 0 Å². The molecule has 7 heteroatoms. The van der Waals surface area contributed by atoms with Crippen LogP contribution in [0.1, 0.15) is 29.6 Å². The molecular weight excluding hydrogens is 416 g/mol. The molecule has 1 amide bonds. The summed E-state index contributed by atoms with van der Waals surface area (Å²) in [6.45, 7) is 6.16. The lowest BCUT2D eigenvalue weighted by atomic mass is 10.2. The van der Waals surface area contributed by atoms with Gasteiger partial charge < -0.3 is 10.2 Å². The van der Waals surface area contributed by atoms with Crippen LogP contribution in [0, 0.1) is 0 Å². The summed E-state index contributed by atoms with van der Waals surface area (Å²) < 4.78 is 5.96. The molecule has 5 nitrogen and oxygen atoms in total. The van der Waals surface area contributed by atoms with Crippen LogP contribution in [-0.4, -0.2) is 54.4 Å². The molecule has 2 heterocycles. The zero-order valence-corrected chi connectivity index (χ0v) is 18.8. The number of aromatic nitrogens is 1. The van der Waals surface area contributed by atoms with E-state index in [1.165, 1.54) is 16.5 Å². The molecule has 0 bridgehead atoms. The van der Waals surface area contributed by atoms with E-state index in [1.54, 1.807) is 11.5 Å². The van der Waals surface area contributed by atoms with Crippen molar-refractivity contribution in [2.75, 3.05) is 44.2 Å². The number of halogens is 1. The maximum atomic E-state index is 12.0. The lowest BCUT2D eigenvalue weighted by molar-refractivity contribution is 0.0953. The van der Waals surface area contributed by atoms with Crippen molar-refractivity contribution in [1.82, 2.24) is 14.6 Å². The molecule has 1 aliphatic rings. The molecule has 0 spiro atoms. The van der Waals surface area contributed by atoms with Gasteiger partial charge in [-0.15, -0.1) is 12.4 Å². The molecule has 0 aliphatic carbocycles. The van der Waals surface area contributed by atoms with Gasteiger partial charge in [0.25, 0.3) is 5.91 Å². The van der Waals surface area contributed by atoms with Crippen molar-refractivity contribution in [1.29, 1.82) is 0 Å². The van der Waals surface area contributed by atoms with E-state index in [2.05, 4.69) is 39.4 Å². The number of unbranched alkanes of at least 4 members (excludes halogenated alkanes) is 2. The second kappa shape index (κ2) is 11.3. The molecule has 0 unspecified atom stereocenters. The third-order valence-corrected chi connectivity index (χ3v) is 6.32. The van der Waals surface area contributed by atoms with Gasteiger partial charge in [-0.2, -0.15) is 4.37 Å². The fourth-order valence-electron chi connectivity index (χ4n) is 3.81. The number of nitrogens with one attached hydrogen (secondary N) is 1. The summed E-state index contributed by atoms with van der Waals surface area (Å²) in [5.74, 6) is 1.18. The Kier molecular flexibility index (Phi) is 8.49. The Morgan fingerprint density at radius 2 is 1.67 bits per heavy atom. The number of anilines is 1. The quantitative estimate of drug-likeness (QED) is 0.522. The van der Waals surface area contributed by atoms with Gasteiger partial charge in [-0.05, 0) is 55.2 Å². The third kappa shape index (κ3) is 5.72. The van der Waals surface area contributed by atoms with Crippen molar-refractivity contribution in [3.8, 4) is 0 Å². The van der Waals surface area contributed by atoms with Gasteiger partial charge in [-0.3, -0.25) is 9.69 Å². The predicted octanol–water partition coefficient (Wildman–Crippen LogP) is 4.44. The molecule has 160 valence electrons. The smallest absolute Gasteiger partial charge is 0.251 e. The normalized spacial score (nSPS) is 14.5. The number of carbonyl (C=O) groups is 1. The minimum atomic E-state index is 0. The van der Waals surface area contributed by atoms with Crippen molar-refractivity contribution in [2.45, 2.75) is 19.3 Å². The minimum Gasteiger partial charge on any atom is -0.353 e. The fourth-order valence-corrected chi connectivity index (χ4v) is 4.61. The zero-order valence-electron chi connectivity index (χ0n) is 17.1. The maximum Gasteiger partial charge on any atom is 0.251 e. The van der Waals surface area contributed by atoms with Crippen molar-refractivity contribution >= 4 is 45.8 Å². The second-order valence-electron chi connectivity index (χ2n) is 7.51. The van der Waals surface area contributed by atoms with Crippen LogP contribution < -0.4 is 10.2 Å². The van der Waals surface area contributed by atoms with Crippen LogP contribution >= 0.6 is 23.9 Å². The van der Waals surface area contributed by atoms with E-state index >= 15 is 0 Å². The molecule has 0 saturated carbocycles. The molecule has 0 radical (unpaired) electrons. The Balaban J connectivity index is 0.00000256. The highest BCUT2D eigenvalue weighted by Gasteiger charge is 2.20. The largest absolute Gasteiger partial charge is 0.353 e. The van der Waals surface area contributed by atoms with Gasteiger partial charge in [0.2, 0.25) is 0 Å². The van der Waals surface area contributed by atoms with Gasteiger partial charge in [-0.1, -0.05) is 36.8 Å². The first kappa shape index (κ1) is 22.5. The van der Waals surface area contributed by atoms with Crippen molar-refractivity contribution in [2.24, 2.45) is 0 Å². The fraction of sp³-hybridized carbons (Fsp3) is 0.391. The predicted molar refractivity (Wildman–Crippen MR) is 128 cm³/mol. The van der Waals surface area contributed by atoms with Gasteiger partial charge in [0.05, 0.1) is 4.70 Å². The van der Waals surface area contributed by atoms with E-state index < -0.39 is 0 Å². The number of piperazine rings is 1. The van der Waals surface area contributed by atoms with Gasteiger partial charge in [0.15, 0.2) is 0 Å². The number of nitrogens with zero attached hydrogens (tertiary/aromatic N) is 3. The molecule has 0 atom stereocenters. The van der Waals surface area contributed by atoms with Crippen LogP contribution in [0.5, 0.6) is 0 Å². The minimum absolute atomic E-state index is 0. The molecule has 1 saturated heterocycles. The molecule has 1 N–H and O–H groups in total. The topological polar surface area (TPSA) is 48.5 Å². The van der Waals surface area contributed by atoms with Gasteiger partial charge >= 0.3 is 0 Å². The summed E-state index contributed by atoms with van der Waals surface area (Å²) >= 11 is 1.60. The molecule has 1 aliphatic heterocycles. The van der Waals surface area contributed by atoms with Crippen molar-refractivity contribution in [3.05, 3.63) is 60.2 Å². The Bertz CT molecular complexity index is 925. The van der Waals surface area contributed by atoms with Crippen LogP contribution in [0.15, 0.2) is 54.6 Å². The number of rotatable bonds is 8. The van der Waals surface area contributed by atoms with Crippen molar-refractivity contribution < 1.29 is 4.79 Å². The van der Waals surface area contributed by atoms with E-state index in [4.69, 9.17) is 4.37 Å².